The Morgan fingerprint density at radius 2 is 2.05 bits per heavy atom. The molecule has 1 aromatic carbocycles. The number of nitrogens with zero attached hydrogens (tertiary/aromatic N) is 3. The molecule has 2 rings (SSSR count). The van der Waals surface area contributed by atoms with Crippen LogP contribution in [-0.2, 0) is 6.54 Å². The summed E-state index contributed by atoms with van der Waals surface area (Å²) in [4.78, 5) is 4.51. The predicted molar refractivity (Wildman–Crippen MR) is 79.1 cm³/mol. The SMILES string of the molecule is CCC(CO)N1CCN(Cc2ccc(C#N)cc2F)CC1. The summed E-state index contributed by atoms with van der Waals surface area (Å²) in [6, 6.07) is 6.83. The fourth-order valence-corrected chi connectivity index (χ4v) is 2.78. The standard InChI is InChI=1S/C16H22FN3O/c1-2-15(12-21)20-7-5-19(6-8-20)11-14-4-3-13(10-18)9-16(14)17/h3-4,9,15,21H,2,5-8,11-12H2,1H3. The first-order chi connectivity index (χ1) is 10.2. The third-order valence-electron chi connectivity index (χ3n) is 4.18. The van der Waals surface area contributed by atoms with Crippen LogP contribution >= 0.6 is 0 Å². The lowest BCUT2D eigenvalue weighted by molar-refractivity contribution is 0.0604. The number of hydrogen-bond acceptors (Lipinski definition) is 4. The van der Waals surface area contributed by atoms with E-state index in [2.05, 4.69) is 16.7 Å². The molecule has 0 spiro atoms. The quantitative estimate of drug-likeness (QED) is 0.895. The summed E-state index contributed by atoms with van der Waals surface area (Å²) >= 11 is 0. The lowest BCUT2D eigenvalue weighted by atomic mass is 10.1. The summed E-state index contributed by atoms with van der Waals surface area (Å²) in [5.41, 5.74) is 0.992. The lowest BCUT2D eigenvalue weighted by Crippen LogP contribution is -2.50. The van der Waals surface area contributed by atoms with E-state index >= 15 is 0 Å². The highest BCUT2D eigenvalue weighted by Crippen LogP contribution is 2.15. The van der Waals surface area contributed by atoms with Gasteiger partial charge in [-0.2, -0.15) is 5.26 Å². The van der Waals surface area contributed by atoms with E-state index in [1.165, 1.54) is 6.07 Å². The van der Waals surface area contributed by atoms with E-state index in [0.717, 1.165) is 32.6 Å². The zero-order chi connectivity index (χ0) is 15.2. The van der Waals surface area contributed by atoms with Crippen molar-refractivity contribution in [3.05, 3.63) is 35.1 Å². The van der Waals surface area contributed by atoms with Crippen LogP contribution in [0.3, 0.4) is 0 Å². The van der Waals surface area contributed by atoms with Crippen LogP contribution < -0.4 is 0 Å². The van der Waals surface area contributed by atoms with Gasteiger partial charge in [0.25, 0.3) is 0 Å². The molecule has 1 atom stereocenters. The van der Waals surface area contributed by atoms with E-state index < -0.39 is 0 Å². The minimum Gasteiger partial charge on any atom is -0.395 e. The Morgan fingerprint density at radius 1 is 1.33 bits per heavy atom. The minimum atomic E-state index is -0.307. The summed E-state index contributed by atoms with van der Waals surface area (Å²) < 4.78 is 13.9. The smallest absolute Gasteiger partial charge is 0.129 e. The maximum absolute atomic E-state index is 13.9. The molecule has 1 aliphatic heterocycles. The van der Waals surface area contributed by atoms with Crippen LogP contribution in [0, 0.1) is 17.1 Å². The van der Waals surface area contributed by atoms with E-state index in [9.17, 15) is 9.50 Å². The Labute approximate surface area is 125 Å². The van der Waals surface area contributed by atoms with Gasteiger partial charge in [-0.15, -0.1) is 0 Å². The molecule has 0 saturated carbocycles. The largest absolute Gasteiger partial charge is 0.395 e. The molecule has 1 unspecified atom stereocenters. The number of hydrogen-bond donors (Lipinski definition) is 1. The van der Waals surface area contributed by atoms with Crippen molar-refractivity contribution in [1.82, 2.24) is 9.80 Å². The van der Waals surface area contributed by atoms with E-state index in [4.69, 9.17) is 5.26 Å². The van der Waals surface area contributed by atoms with Crippen molar-refractivity contribution in [2.75, 3.05) is 32.8 Å². The number of nitriles is 1. The Kier molecular flexibility index (Phi) is 5.68. The van der Waals surface area contributed by atoms with Gasteiger partial charge < -0.3 is 5.11 Å². The van der Waals surface area contributed by atoms with Crippen LogP contribution in [0.15, 0.2) is 18.2 Å². The number of aliphatic hydroxyl groups excluding tert-OH is 1. The fourth-order valence-electron chi connectivity index (χ4n) is 2.78. The normalized spacial score (nSPS) is 18.4. The van der Waals surface area contributed by atoms with E-state index in [-0.39, 0.29) is 18.5 Å². The number of halogens is 1. The van der Waals surface area contributed by atoms with E-state index in [1.54, 1.807) is 12.1 Å². The average molecular weight is 291 g/mol. The topological polar surface area (TPSA) is 50.5 Å². The van der Waals surface area contributed by atoms with Crippen molar-refractivity contribution in [1.29, 1.82) is 5.26 Å². The van der Waals surface area contributed by atoms with Gasteiger partial charge >= 0.3 is 0 Å². The van der Waals surface area contributed by atoms with Crippen LogP contribution in [0.5, 0.6) is 0 Å². The Hall–Kier alpha value is -1.48. The molecule has 5 heteroatoms. The van der Waals surface area contributed by atoms with Crippen LogP contribution in [-0.4, -0.2) is 53.7 Å². The Morgan fingerprint density at radius 3 is 2.57 bits per heavy atom. The number of benzene rings is 1. The number of aliphatic hydroxyl groups is 1. The Bertz CT molecular complexity index is 503. The third-order valence-corrected chi connectivity index (χ3v) is 4.18. The summed E-state index contributed by atoms with van der Waals surface area (Å²) in [6.07, 6.45) is 0.945. The molecule has 1 fully saturated rings. The molecule has 0 amide bonds. The first kappa shape index (κ1) is 15.9. The van der Waals surface area contributed by atoms with Crippen molar-refractivity contribution in [2.24, 2.45) is 0 Å². The van der Waals surface area contributed by atoms with Crippen molar-refractivity contribution in [3.63, 3.8) is 0 Å². The van der Waals surface area contributed by atoms with Gasteiger partial charge in [-0.25, -0.2) is 4.39 Å². The van der Waals surface area contributed by atoms with Crippen LogP contribution in [0.2, 0.25) is 0 Å². The molecule has 1 N–H and O–H groups in total. The molecular formula is C16H22FN3O. The van der Waals surface area contributed by atoms with Crippen molar-refractivity contribution < 1.29 is 9.50 Å². The van der Waals surface area contributed by atoms with Gasteiger partial charge in [-0.05, 0) is 18.6 Å². The second-order valence-electron chi connectivity index (χ2n) is 5.47. The molecule has 0 bridgehead atoms. The molecule has 0 aromatic heterocycles. The second kappa shape index (κ2) is 7.51. The van der Waals surface area contributed by atoms with Crippen molar-refractivity contribution >= 4 is 0 Å². The summed E-state index contributed by atoms with van der Waals surface area (Å²) in [6.45, 7) is 6.39. The van der Waals surface area contributed by atoms with E-state index in [0.29, 0.717) is 17.7 Å². The highest BCUT2D eigenvalue weighted by Gasteiger charge is 2.22. The second-order valence-corrected chi connectivity index (χ2v) is 5.47. The van der Waals surface area contributed by atoms with Crippen LogP contribution in [0.1, 0.15) is 24.5 Å². The minimum absolute atomic E-state index is 0.195. The molecule has 0 aliphatic carbocycles. The molecule has 1 saturated heterocycles. The predicted octanol–water partition coefficient (Wildman–Crippen LogP) is 1.59. The van der Waals surface area contributed by atoms with Gasteiger partial charge in [0.1, 0.15) is 5.82 Å². The summed E-state index contributed by atoms with van der Waals surface area (Å²) in [5, 5.41) is 18.1. The monoisotopic (exact) mass is 291 g/mol. The van der Waals surface area contributed by atoms with Crippen molar-refractivity contribution in [2.45, 2.75) is 25.9 Å². The van der Waals surface area contributed by atoms with Crippen molar-refractivity contribution in [3.8, 4) is 6.07 Å². The number of rotatable bonds is 5. The van der Waals surface area contributed by atoms with Gasteiger partial charge in [0.15, 0.2) is 0 Å². The maximum atomic E-state index is 13.9. The van der Waals surface area contributed by atoms with Crippen LogP contribution in [0.4, 0.5) is 4.39 Å². The molecule has 0 radical (unpaired) electrons. The van der Waals surface area contributed by atoms with Gasteiger partial charge in [-0.1, -0.05) is 13.0 Å². The molecule has 1 aliphatic rings. The highest BCUT2D eigenvalue weighted by molar-refractivity contribution is 5.32. The molecule has 1 heterocycles. The summed E-state index contributed by atoms with van der Waals surface area (Å²) in [5.74, 6) is -0.307. The molecule has 1 aromatic rings. The molecule has 4 nitrogen and oxygen atoms in total. The van der Waals surface area contributed by atoms with Crippen LogP contribution in [0.25, 0.3) is 0 Å². The average Bonchev–Trinajstić information content (AvgIpc) is 2.52. The Balaban J connectivity index is 1.90. The maximum Gasteiger partial charge on any atom is 0.129 e. The lowest BCUT2D eigenvalue weighted by Gasteiger charge is -2.38. The zero-order valence-corrected chi connectivity index (χ0v) is 12.4. The molecule has 21 heavy (non-hydrogen) atoms. The van der Waals surface area contributed by atoms with Gasteiger partial charge in [0.2, 0.25) is 0 Å². The van der Waals surface area contributed by atoms with E-state index in [1.807, 2.05) is 6.07 Å². The third kappa shape index (κ3) is 4.01. The number of piperazine rings is 1. The molecule has 114 valence electrons. The highest BCUT2D eigenvalue weighted by atomic mass is 19.1. The van der Waals surface area contributed by atoms with Gasteiger partial charge in [0.05, 0.1) is 18.2 Å². The van der Waals surface area contributed by atoms with Gasteiger partial charge in [0, 0.05) is 44.3 Å². The first-order valence-corrected chi connectivity index (χ1v) is 7.43. The summed E-state index contributed by atoms with van der Waals surface area (Å²) in [7, 11) is 0. The zero-order valence-electron chi connectivity index (χ0n) is 12.4. The van der Waals surface area contributed by atoms with Gasteiger partial charge in [-0.3, -0.25) is 9.80 Å². The fraction of sp³-hybridized carbons (Fsp3) is 0.562. The first-order valence-electron chi connectivity index (χ1n) is 7.43. The molecular weight excluding hydrogens is 269 g/mol.